The largest absolute Gasteiger partial charge is 0.397 e. The lowest BCUT2D eigenvalue weighted by atomic mass is 10.3. The van der Waals surface area contributed by atoms with E-state index in [0.29, 0.717) is 16.4 Å². The fraction of sp³-hybridized carbons (Fsp3) is 0. The molecule has 0 aromatic heterocycles. The van der Waals surface area contributed by atoms with Gasteiger partial charge in [0.25, 0.3) is 0 Å². The number of hydrogen-bond donors (Lipinski definition) is 2. The molecule has 1 rings (SSSR count). The van der Waals surface area contributed by atoms with Crippen molar-refractivity contribution in [2.45, 2.75) is 0 Å². The van der Waals surface area contributed by atoms with E-state index in [1.165, 1.54) is 0 Å². The normalized spacial score (nSPS) is 9.80. The highest BCUT2D eigenvalue weighted by atomic mass is 127. The zero-order valence-corrected chi connectivity index (χ0v) is 7.98. The van der Waals surface area contributed by atoms with Crippen molar-refractivity contribution < 1.29 is 0 Å². The van der Waals surface area contributed by atoms with Crippen molar-refractivity contribution >= 4 is 45.6 Å². The molecule has 0 aliphatic carbocycles. The third kappa shape index (κ3) is 1.46. The summed E-state index contributed by atoms with van der Waals surface area (Å²) < 4.78 is 0.995. The van der Waals surface area contributed by atoms with Gasteiger partial charge in [0.05, 0.1) is 16.4 Å². The molecule has 0 aliphatic rings. The molecule has 1 aromatic carbocycles. The molecule has 0 amide bonds. The molecule has 0 bridgehead atoms. The van der Waals surface area contributed by atoms with Gasteiger partial charge in [0.2, 0.25) is 0 Å². The van der Waals surface area contributed by atoms with Crippen molar-refractivity contribution in [3.63, 3.8) is 0 Å². The van der Waals surface area contributed by atoms with Gasteiger partial charge in [0.15, 0.2) is 0 Å². The van der Waals surface area contributed by atoms with Crippen LogP contribution in [0.5, 0.6) is 0 Å². The number of hydrogen-bond acceptors (Lipinski definition) is 2. The maximum absolute atomic E-state index is 5.71. The first kappa shape index (κ1) is 7.94. The Balaban J connectivity index is 3.31. The molecular weight excluding hydrogens is 262 g/mol. The Bertz CT molecular complexity index is 239. The minimum atomic E-state index is 0.460. The monoisotopic (exact) mass is 268 g/mol. The predicted molar refractivity (Wildman–Crippen MR) is 53.0 cm³/mol. The van der Waals surface area contributed by atoms with Crippen molar-refractivity contribution in [3.8, 4) is 0 Å². The fourth-order valence-electron chi connectivity index (χ4n) is 0.605. The van der Waals surface area contributed by atoms with Crippen LogP contribution in [0.1, 0.15) is 0 Å². The lowest BCUT2D eigenvalue weighted by Gasteiger charge is -2.01. The van der Waals surface area contributed by atoms with Gasteiger partial charge < -0.3 is 11.5 Å². The van der Waals surface area contributed by atoms with E-state index < -0.39 is 0 Å². The Labute approximate surface area is 77.7 Å². The van der Waals surface area contributed by atoms with Crippen LogP contribution in [0.25, 0.3) is 0 Å². The molecule has 0 aliphatic heterocycles. The van der Waals surface area contributed by atoms with E-state index in [9.17, 15) is 0 Å². The fourth-order valence-corrected chi connectivity index (χ4v) is 1.66. The first-order valence-corrected chi connectivity index (χ1v) is 4.07. The van der Waals surface area contributed by atoms with E-state index in [0.717, 1.165) is 3.57 Å². The summed E-state index contributed by atoms with van der Waals surface area (Å²) >= 11 is 7.84. The van der Waals surface area contributed by atoms with Gasteiger partial charge in [-0.2, -0.15) is 0 Å². The lowest BCUT2D eigenvalue weighted by Crippen LogP contribution is -1.95. The number of anilines is 2. The average Bonchev–Trinajstić information content (AvgIpc) is 1.82. The van der Waals surface area contributed by atoms with Crippen molar-refractivity contribution in [2.24, 2.45) is 0 Å². The van der Waals surface area contributed by atoms with E-state index in [1.807, 2.05) is 0 Å². The van der Waals surface area contributed by atoms with Gasteiger partial charge in [-0.3, -0.25) is 0 Å². The SMILES string of the molecule is Nc1cc(I)cc(Cl)c1N. The smallest absolute Gasteiger partial charge is 0.0737 e. The third-order valence-corrected chi connectivity index (χ3v) is 2.06. The minimum absolute atomic E-state index is 0.460. The Morgan fingerprint density at radius 1 is 1.30 bits per heavy atom. The minimum Gasteiger partial charge on any atom is -0.397 e. The topological polar surface area (TPSA) is 52.0 Å². The van der Waals surface area contributed by atoms with Gasteiger partial charge in [-0.1, -0.05) is 11.6 Å². The Morgan fingerprint density at radius 3 is 2.40 bits per heavy atom. The molecule has 1 aromatic rings. The van der Waals surface area contributed by atoms with Gasteiger partial charge >= 0.3 is 0 Å². The quantitative estimate of drug-likeness (QED) is 0.559. The summed E-state index contributed by atoms with van der Waals surface area (Å²) in [4.78, 5) is 0. The summed E-state index contributed by atoms with van der Waals surface area (Å²) in [5, 5.41) is 0.518. The van der Waals surface area contributed by atoms with Crippen LogP contribution in [0, 0.1) is 3.57 Å². The standard InChI is InChI=1S/C6H6ClIN2/c7-4-1-3(8)2-5(9)6(4)10/h1-2H,9-10H2. The second-order valence-corrected chi connectivity index (χ2v) is 3.54. The van der Waals surface area contributed by atoms with Crippen molar-refractivity contribution in [1.29, 1.82) is 0 Å². The maximum atomic E-state index is 5.71. The average molecular weight is 268 g/mol. The van der Waals surface area contributed by atoms with E-state index in [-0.39, 0.29) is 0 Å². The lowest BCUT2D eigenvalue weighted by molar-refractivity contribution is 1.62. The molecule has 0 heterocycles. The summed E-state index contributed by atoms with van der Waals surface area (Å²) in [6.07, 6.45) is 0. The summed E-state index contributed by atoms with van der Waals surface area (Å²) in [5.74, 6) is 0. The van der Waals surface area contributed by atoms with Crippen LogP contribution in [0.4, 0.5) is 11.4 Å². The molecule has 2 nitrogen and oxygen atoms in total. The second-order valence-electron chi connectivity index (χ2n) is 1.89. The number of nitrogens with two attached hydrogens (primary N) is 2. The second kappa shape index (κ2) is 2.84. The van der Waals surface area contributed by atoms with Crippen LogP contribution in [-0.2, 0) is 0 Å². The van der Waals surface area contributed by atoms with Crippen LogP contribution < -0.4 is 11.5 Å². The first-order valence-electron chi connectivity index (χ1n) is 2.61. The maximum Gasteiger partial charge on any atom is 0.0737 e. The first-order chi connectivity index (χ1) is 4.61. The van der Waals surface area contributed by atoms with E-state index in [1.54, 1.807) is 12.1 Å². The van der Waals surface area contributed by atoms with E-state index in [2.05, 4.69) is 22.6 Å². The number of halogens is 2. The van der Waals surface area contributed by atoms with Gasteiger partial charge in [-0.05, 0) is 34.7 Å². The Kier molecular flexibility index (Phi) is 2.25. The van der Waals surface area contributed by atoms with Gasteiger partial charge in [0.1, 0.15) is 0 Å². The number of benzene rings is 1. The highest BCUT2D eigenvalue weighted by Crippen LogP contribution is 2.27. The van der Waals surface area contributed by atoms with Crippen molar-refractivity contribution in [3.05, 3.63) is 20.7 Å². The van der Waals surface area contributed by atoms with Gasteiger partial charge in [-0.25, -0.2) is 0 Å². The Morgan fingerprint density at radius 2 is 1.90 bits per heavy atom. The van der Waals surface area contributed by atoms with Crippen molar-refractivity contribution in [1.82, 2.24) is 0 Å². The Hall–Kier alpha value is -0.160. The summed E-state index contributed by atoms with van der Waals surface area (Å²) in [6.45, 7) is 0. The van der Waals surface area contributed by atoms with Crippen molar-refractivity contribution in [2.75, 3.05) is 11.5 Å². The summed E-state index contributed by atoms with van der Waals surface area (Å²) in [6, 6.07) is 3.55. The summed E-state index contributed by atoms with van der Waals surface area (Å²) in [7, 11) is 0. The number of rotatable bonds is 0. The molecule has 0 fully saturated rings. The van der Waals surface area contributed by atoms with Crippen LogP contribution >= 0.6 is 34.2 Å². The predicted octanol–water partition coefficient (Wildman–Crippen LogP) is 2.11. The molecule has 0 saturated carbocycles. The molecule has 4 N–H and O–H groups in total. The van der Waals surface area contributed by atoms with Gasteiger partial charge in [-0.15, -0.1) is 0 Å². The zero-order valence-electron chi connectivity index (χ0n) is 5.07. The molecule has 0 saturated heterocycles. The molecule has 10 heavy (non-hydrogen) atoms. The van der Waals surface area contributed by atoms with Gasteiger partial charge in [0, 0.05) is 3.57 Å². The highest BCUT2D eigenvalue weighted by molar-refractivity contribution is 14.1. The number of nitrogen functional groups attached to an aromatic ring is 2. The van der Waals surface area contributed by atoms with E-state index >= 15 is 0 Å². The molecule has 4 heteroatoms. The molecular formula is C6H6ClIN2. The molecule has 0 radical (unpaired) electrons. The molecule has 0 spiro atoms. The zero-order chi connectivity index (χ0) is 7.72. The summed E-state index contributed by atoms with van der Waals surface area (Å²) in [5.41, 5.74) is 12.0. The van der Waals surface area contributed by atoms with Crippen LogP contribution in [0.2, 0.25) is 5.02 Å². The molecule has 54 valence electrons. The van der Waals surface area contributed by atoms with Crippen LogP contribution in [0.3, 0.4) is 0 Å². The van der Waals surface area contributed by atoms with E-state index in [4.69, 9.17) is 23.1 Å². The third-order valence-electron chi connectivity index (χ3n) is 1.13. The highest BCUT2D eigenvalue weighted by Gasteiger charge is 2.00. The van der Waals surface area contributed by atoms with Crippen LogP contribution in [-0.4, -0.2) is 0 Å². The van der Waals surface area contributed by atoms with Crippen LogP contribution in [0.15, 0.2) is 12.1 Å². The molecule has 0 unspecified atom stereocenters. The molecule has 0 atom stereocenters.